The van der Waals surface area contributed by atoms with Crippen molar-refractivity contribution in [3.63, 3.8) is 0 Å². The van der Waals surface area contributed by atoms with Crippen LogP contribution < -0.4 is 5.32 Å². The van der Waals surface area contributed by atoms with Gasteiger partial charge >= 0.3 is 0 Å². The van der Waals surface area contributed by atoms with Gasteiger partial charge in [-0.1, -0.05) is 30.3 Å². The third-order valence-corrected chi connectivity index (χ3v) is 2.37. The van der Waals surface area contributed by atoms with Crippen LogP contribution in [0.3, 0.4) is 0 Å². The summed E-state index contributed by atoms with van der Waals surface area (Å²) in [6.07, 6.45) is 2.27. The van der Waals surface area contributed by atoms with Crippen LogP contribution in [0.1, 0.15) is 12.0 Å². The molecular weight excluding hydrogens is 229 g/mol. The summed E-state index contributed by atoms with van der Waals surface area (Å²) in [6.45, 7) is 5.30. The lowest BCUT2D eigenvalue weighted by atomic mass is 10.2. The normalized spacial score (nSPS) is 10.1. The van der Waals surface area contributed by atoms with Gasteiger partial charge in [-0.15, -0.1) is 0 Å². The van der Waals surface area contributed by atoms with Crippen molar-refractivity contribution in [3.8, 4) is 0 Å². The van der Waals surface area contributed by atoms with Crippen molar-refractivity contribution in [1.82, 2.24) is 5.32 Å². The van der Waals surface area contributed by atoms with Crippen LogP contribution in [0.4, 0.5) is 4.39 Å². The number of hydrogen-bond donors (Lipinski definition) is 1. The molecule has 0 amide bonds. The molecule has 0 heterocycles. The molecule has 0 bridgehead atoms. The summed E-state index contributed by atoms with van der Waals surface area (Å²) in [5, 5.41) is 3.28. The van der Waals surface area contributed by atoms with Crippen molar-refractivity contribution < 1.29 is 9.13 Å². The first-order valence-electron chi connectivity index (χ1n) is 5.12. The van der Waals surface area contributed by atoms with Gasteiger partial charge in [0.1, 0.15) is 5.82 Å². The maximum atomic E-state index is 13.4. The highest BCUT2D eigenvalue weighted by molar-refractivity contribution is 6.30. The van der Waals surface area contributed by atoms with Gasteiger partial charge in [0.15, 0.2) is 0 Å². The van der Waals surface area contributed by atoms with E-state index in [0.29, 0.717) is 18.7 Å². The molecule has 0 aliphatic rings. The molecule has 0 fully saturated rings. The Hall–Kier alpha value is -1.06. The van der Waals surface area contributed by atoms with E-state index >= 15 is 0 Å². The molecule has 0 unspecified atom stereocenters. The van der Waals surface area contributed by atoms with Crippen molar-refractivity contribution in [2.24, 2.45) is 0 Å². The molecule has 1 rings (SSSR count). The van der Waals surface area contributed by atoms with E-state index in [1.165, 1.54) is 12.3 Å². The zero-order chi connectivity index (χ0) is 11.8. The average molecular weight is 244 g/mol. The first-order valence-corrected chi connectivity index (χ1v) is 5.49. The fourth-order valence-electron chi connectivity index (χ4n) is 1.27. The molecule has 1 N–H and O–H groups in total. The fraction of sp³-hybridized carbons (Fsp3) is 0.333. The third kappa shape index (κ3) is 4.21. The van der Waals surface area contributed by atoms with Gasteiger partial charge in [0.05, 0.1) is 17.9 Å². The Morgan fingerprint density at radius 2 is 2.31 bits per heavy atom. The molecular formula is C12H15ClFNO. The Morgan fingerprint density at radius 1 is 1.50 bits per heavy atom. The summed E-state index contributed by atoms with van der Waals surface area (Å²) >= 11 is 5.66. The molecule has 0 aromatic heterocycles. The van der Waals surface area contributed by atoms with Crippen molar-refractivity contribution >= 4 is 11.6 Å². The molecule has 0 saturated heterocycles. The molecule has 0 radical (unpaired) electrons. The van der Waals surface area contributed by atoms with E-state index in [1.807, 2.05) is 0 Å². The van der Waals surface area contributed by atoms with Crippen molar-refractivity contribution in [1.29, 1.82) is 0 Å². The van der Waals surface area contributed by atoms with Gasteiger partial charge in [-0.3, -0.25) is 0 Å². The van der Waals surface area contributed by atoms with E-state index in [0.717, 1.165) is 13.0 Å². The summed E-state index contributed by atoms with van der Waals surface area (Å²) in [5.41, 5.74) is 0.581. The molecule has 0 atom stereocenters. The summed E-state index contributed by atoms with van der Waals surface area (Å²) in [7, 11) is 0. The Bertz CT molecular complexity index is 344. The molecule has 1 aromatic carbocycles. The van der Waals surface area contributed by atoms with Crippen LogP contribution in [0.5, 0.6) is 0 Å². The molecule has 1 aromatic rings. The van der Waals surface area contributed by atoms with Gasteiger partial charge in [-0.25, -0.2) is 4.39 Å². The Balaban J connectivity index is 2.26. The van der Waals surface area contributed by atoms with Gasteiger partial charge in [-0.2, -0.15) is 0 Å². The maximum absolute atomic E-state index is 13.4. The van der Waals surface area contributed by atoms with E-state index in [-0.39, 0.29) is 10.8 Å². The van der Waals surface area contributed by atoms with Crippen LogP contribution in [0.25, 0.3) is 0 Å². The fourth-order valence-corrected chi connectivity index (χ4v) is 1.47. The van der Waals surface area contributed by atoms with Crippen LogP contribution in [-0.4, -0.2) is 13.2 Å². The molecule has 16 heavy (non-hydrogen) atoms. The zero-order valence-electron chi connectivity index (χ0n) is 9.01. The van der Waals surface area contributed by atoms with Crippen molar-refractivity contribution in [3.05, 3.63) is 47.4 Å². The molecule has 2 nitrogen and oxygen atoms in total. The highest BCUT2D eigenvalue weighted by Crippen LogP contribution is 2.17. The lowest BCUT2D eigenvalue weighted by Crippen LogP contribution is -2.16. The van der Waals surface area contributed by atoms with Crippen LogP contribution in [0.2, 0.25) is 5.02 Å². The largest absolute Gasteiger partial charge is 0.502 e. The lowest BCUT2D eigenvalue weighted by Gasteiger charge is -2.06. The summed E-state index contributed by atoms with van der Waals surface area (Å²) in [4.78, 5) is 0. The second-order valence-corrected chi connectivity index (χ2v) is 3.69. The second kappa shape index (κ2) is 7.25. The molecule has 0 aliphatic carbocycles. The number of rotatable bonds is 7. The average Bonchev–Trinajstić information content (AvgIpc) is 2.29. The lowest BCUT2D eigenvalue weighted by molar-refractivity contribution is 0.244. The molecule has 4 heteroatoms. The first kappa shape index (κ1) is 13.0. The van der Waals surface area contributed by atoms with E-state index in [4.69, 9.17) is 16.3 Å². The first-order chi connectivity index (χ1) is 7.75. The Kier molecular flexibility index (Phi) is 5.90. The molecule has 0 aliphatic heterocycles. The van der Waals surface area contributed by atoms with E-state index in [9.17, 15) is 4.39 Å². The van der Waals surface area contributed by atoms with E-state index in [1.54, 1.807) is 12.1 Å². The number of nitrogens with one attached hydrogen (secondary N) is 1. The third-order valence-electron chi connectivity index (χ3n) is 2.08. The standard InChI is InChI=1S/C12H15ClFNO/c1-2-16-8-4-7-15-9-10-5-3-6-11(13)12(10)14/h2-3,5-6,15H,1,4,7-9H2. The SMILES string of the molecule is C=COCCCNCc1cccc(Cl)c1F. The van der Waals surface area contributed by atoms with Gasteiger partial charge < -0.3 is 10.1 Å². The van der Waals surface area contributed by atoms with Crippen LogP contribution in [-0.2, 0) is 11.3 Å². The predicted octanol–water partition coefficient (Wildman–Crippen LogP) is 3.12. The van der Waals surface area contributed by atoms with Crippen LogP contribution in [0, 0.1) is 5.82 Å². The van der Waals surface area contributed by atoms with E-state index < -0.39 is 0 Å². The minimum atomic E-state index is -0.348. The Morgan fingerprint density at radius 3 is 3.06 bits per heavy atom. The minimum absolute atomic E-state index is 0.161. The summed E-state index contributed by atoms with van der Waals surface area (Å²) in [5.74, 6) is -0.348. The second-order valence-electron chi connectivity index (χ2n) is 3.28. The topological polar surface area (TPSA) is 21.3 Å². The number of benzene rings is 1. The Labute approximate surface area is 100 Å². The monoisotopic (exact) mass is 243 g/mol. The van der Waals surface area contributed by atoms with Gasteiger partial charge in [-0.05, 0) is 19.0 Å². The van der Waals surface area contributed by atoms with E-state index in [2.05, 4.69) is 11.9 Å². The molecule has 0 saturated carbocycles. The maximum Gasteiger partial charge on any atom is 0.146 e. The van der Waals surface area contributed by atoms with Crippen LogP contribution in [0.15, 0.2) is 31.0 Å². The molecule has 88 valence electrons. The highest BCUT2D eigenvalue weighted by Gasteiger charge is 2.04. The molecule has 0 spiro atoms. The summed E-state index contributed by atoms with van der Waals surface area (Å²) in [6, 6.07) is 5.00. The number of hydrogen-bond acceptors (Lipinski definition) is 2. The number of halogens is 2. The smallest absolute Gasteiger partial charge is 0.146 e. The zero-order valence-corrected chi connectivity index (χ0v) is 9.77. The minimum Gasteiger partial charge on any atom is -0.502 e. The van der Waals surface area contributed by atoms with Crippen LogP contribution >= 0.6 is 11.6 Å². The highest BCUT2D eigenvalue weighted by atomic mass is 35.5. The summed E-state index contributed by atoms with van der Waals surface area (Å²) < 4.78 is 18.4. The predicted molar refractivity (Wildman–Crippen MR) is 63.9 cm³/mol. The van der Waals surface area contributed by atoms with Crippen molar-refractivity contribution in [2.75, 3.05) is 13.2 Å². The van der Waals surface area contributed by atoms with Gasteiger partial charge in [0.2, 0.25) is 0 Å². The van der Waals surface area contributed by atoms with Gasteiger partial charge in [0.25, 0.3) is 0 Å². The quantitative estimate of drug-likeness (QED) is 0.587. The van der Waals surface area contributed by atoms with Gasteiger partial charge in [0, 0.05) is 12.1 Å². The number of ether oxygens (including phenoxy) is 1. The van der Waals surface area contributed by atoms with Crippen molar-refractivity contribution in [2.45, 2.75) is 13.0 Å².